The lowest BCUT2D eigenvalue weighted by Crippen LogP contribution is -2.23. The Balaban J connectivity index is 3.60. The third kappa shape index (κ3) is 3.37. The van der Waals surface area contributed by atoms with Crippen molar-refractivity contribution in [2.45, 2.75) is 59.3 Å². The van der Waals surface area contributed by atoms with Crippen molar-refractivity contribution in [3.63, 3.8) is 0 Å². The second-order valence-corrected chi connectivity index (χ2v) is 6.12. The van der Waals surface area contributed by atoms with Crippen molar-refractivity contribution >= 4 is 5.91 Å². The molecule has 0 fully saturated rings. The fourth-order valence-electron chi connectivity index (χ4n) is 2.34. The summed E-state index contributed by atoms with van der Waals surface area (Å²) in [5.41, 5.74) is 4.51. The number of carbonyl (C=O) groups excluding carboxylic acids is 1. The van der Waals surface area contributed by atoms with Crippen LogP contribution in [-0.2, 0) is 0 Å². The Labute approximate surface area is 117 Å². The van der Waals surface area contributed by atoms with Crippen molar-refractivity contribution in [3.8, 4) is 0 Å². The molecule has 0 saturated heterocycles. The molecule has 0 spiro atoms. The first-order valence-electron chi connectivity index (χ1n) is 7.19. The van der Waals surface area contributed by atoms with E-state index in [1.807, 2.05) is 0 Å². The van der Waals surface area contributed by atoms with Gasteiger partial charge in [0.2, 0.25) is 0 Å². The molecular formula is C17H27NO. The zero-order chi connectivity index (χ0) is 14.7. The summed E-state index contributed by atoms with van der Waals surface area (Å²) in [6.45, 7) is 13.0. The molecule has 1 amide bonds. The Hall–Kier alpha value is -1.31. The van der Waals surface area contributed by atoms with Gasteiger partial charge in [-0.05, 0) is 34.4 Å². The van der Waals surface area contributed by atoms with Crippen LogP contribution in [0.4, 0.5) is 0 Å². The van der Waals surface area contributed by atoms with E-state index in [-0.39, 0.29) is 5.91 Å². The minimum Gasteiger partial charge on any atom is -0.355 e. The number of rotatable bonds is 4. The molecule has 1 N–H and O–H groups in total. The summed E-state index contributed by atoms with van der Waals surface area (Å²) in [6, 6.07) is 4.40. The molecule has 2 heteroatoms. The summed E-state index contributed by atoms with van der Waals surface area (Å²) >= 11 is 0. The number of nitrogens with one attached hydrogen (secondary N) is 1. The average molecular weight is 261 g/mol. The maximum Gasteiger partial charge on any atom is 0.251 e. The van der Waals surface area contributed by atoms with Crippen LogP contribution >= 0.6 is 0 Å². The van der Waals surface area contributed by atoms with Crippen LogP contribution in [0.2, 0.25) is 0 Å². The first-order valence-corrected chi connectivity index (χ1v) is 7.19. The highest BCUT2D eigenvalue weighted by Crippen LogP contribution is 2.31. The highest BCUT2D eigenvalue weighted by molar-refractivity contribution is 5.97. The van der Waals surface area contributed by atoms with E-state index in [2.05, 4.69) is 59.0 Å². The smallest absolute Gasteiger partial charge is 0.251 e. The number of carbonyl (C=O) groups is 1. The predicted octanol–water partition coefficient (Wildman–Crippen LogP) is 4.42. The molecule has 0 aliphatic heterocycles. The summed E-state index contributed by atoms with van der Waals surface area (Å²) in [5, 5.41) is 2.78. The maximum absolute atomic E-state index is 12.2. The Morgan fingerprint density at radius 1 is 0.895 bits per heavy atom. The van der Waals surface area contributed by atoms with Crippen molar-refractivity contribution < 1.29 is 4.79 Å². The van der Waals surface area contributed by atoms with Crippen molar-refractivity contribution in [3.05, 3.63) is 34.4 Å². The summed E-state index contributed by atoms with van der Waals surface area (Å²) < 4.78 is 0. The molecule has 106 valence electrons. The van der Waals surface area contributed by atoms with Gasteiger partial charge in [0.1, 0.15) is 0 Å². The molecule has 0 aliphatic carbocycles. The van der Waals surface area contributed by atoms with Crippen molar-refractivity contribution in [2.24, 2.45) is 0 Å². The first kappa shape index (κ1) is 15.7. The lowest BCUT2D eigenvalue weighted by molar-refractivity contribution is 0.0960. The molecule has 1 aromatic rings. The molecule has 0 radical (unpaired) electrons. The van der Waals surface area contributed by atoms with Crippen LogP contribution < -0.4 is 5.32 Å². The Morgan fingerprint density at radius 2 is 1.32 bits per heavy atom. The van der Waals surface area contributed by atoms with Crippen LogP contribution in [0, 0.1) is 0 Å². The minimum absolute atomic E-state index is 0.0303. The summed E-state index contributed by atoms with van der Waals surface area (Å²) in [7, 11) is 1.70. The summed E-state index contributed by atoms with van der Waals surface area (Å²) in [5.74, 6) is 1.21. The minimum atomic E-state index is 0.0303. The third-order valence-corrected chi connectivity index (χ3v) is 3.59. The molecule has 1 rings (SSSR count). The molecule has 2 nitrogen and oxygen atoms in total. The average Bonchev–Trinajstić information content (AvgIpc) is 2.35. The van der Waals surface area contributed by atoms with Crippen LogP contribution in [0.15, 0.2) is 12.1 Å². The van der Waals surface area contributed by atoms with Gasteiger partial charge in [-0.25, -0.2) is 0 Å². The van der Waals surface area contributed by atoms with Crippen molar-refractivity contribution in [2.75, 3.05) is 7.05 Å². The lowest BCUT2D eigenvalue weighted by Gasteiger charge is -2.21. The normalized spacial score (nSPS) is 11.5. The predicted molar refractivity (Wildman–Crippen MR) is 82.1 cm³/mol. The van der Waals surface area contributed by atoms with Gasteiger partial charge in [0, 0.05) is 12.6 Å². The second-order valence-electron chi connectivity index (χ2n) is 6.12. The van der Waals surface area contributed by atoms with E-state index < -0.39 is 0 Å². The molecule has 0 bridgehead atoms. The van der Waals surface area contributed by atoms with Gasteiger partial charge in [-0.2, -0.15) is 0 Å². The maximum atomic E-state index is 12.2. The van der Waals surface area contributed by atoms with E-state index in [1.54, 1.807) is 7.05 Å². The first-order chi connectivity index (χ1) is 8.79. The van der Waals surface area contributed by atoms with Gasteiger partial charge >= 0.3 is 0 Å². The van der Waals surface area contributed by atoms with Crippen molar-refractivity contribution in [1.82, 2.24) is 5.32 Å². The number of hydrogen-bond acceptors (Lipinski definition) is 1. The standard InChI is InChI=1S/C17H27NO/c1-10(2)13-8-14(11(3)4)16(17(19)18-7)15(9-13)12(5)6/h8-12H,1-7H3,(H,18,19). The third-order valence-electron chi connectivity index (χ3n) is 3.59. The molecule has 0 atom stereocenters. The topological polar surface area (TPSA) is 29.1 Å². The monoisotopic (exact) mass is 261 g/mol. The highest BCUT2D eigenvalue weighted by atomic mass is 16.1. The van der Waals surface area contributed by atoms with Gasteiger partial charge in [0.25, 0.3) is 5.91 Å². The molecule has 19 heavy (non-hydrogen) atoms. The van der Waals surface area contributed by atoms with Crippen LogP contribution in [0.25, 0.3) is 0 Å². The van der Waals surface area contributed by atoms with E-state index in [4.69, 9.17) is 0 Å². The molecule has 0 aliphatic rings. The molecule has 0 heterocycles. The molecule has 0 unspecified atom stereocenters. The Bertz CT molecular complexity index is 429. The fourth-order valence-corrected chi connectivity index (χ4v) is 2.34. The van der Waals surface area contributed by atoms with Gasteiger partial charge in [0.05, 0.1) is 0 Å². The highest BCUT2D eigenvalue weighted by Gasteiger charge is 2.21. The zero-order valence-electron chi connectivity index (χ0n) is 13.3. The molecule has 1 aromatic carbocycles. The SMILES string of the molecule is CNC(=O)c1c(C(C)C)cc(C(C)C)cc1C(C)C. The van der Waals surface area contributed by atoms with E-state index in [0.717, 1.165) is 16.7 Å². The fraction of sp³-hybridized carbons (Fsp3) is 0.588. The van der Waals surface area contributed by atoms with Gasteiger partial charge in [-0.15, -0.1) is 0 Å². The van der Waals surface area contributed by atoms with Gasteiger partial charge in [-0.1, -0.05) is 53.7 Å². The Morgan fingerprint density at radius 3 is 1.58 bits per heavy atom. The van der Waals surface area contributed by atoms with Crippen LogP contribution in [-0.4, -0.2) is 13.0 Å². The van der Waals surface area contributed by atoms with Gasteiger partial charge in [-0.3, -0.25) is 4.79 Å². The summed E-state index contributed by atoms with van der Waals surface area (Å²) in [4.78, 5) is 12.2. The van der Waals surface area contributed by atoms with E-state index in [1.165, 1.54) is 5.56 Å². The van der Waals surface area contributed by atoms with E-state index in [0.29, 0.717) is 17.8 Å². The number of amides is 1. The Kier molecular flexibility index (Phi) is 5.16. The number of benzene rings is 1. The largest absolute Gasteiger partial charge is 0.355 e. The second kappa shape index (κ2) is 6.23. The van der Waals surface area contributed by atoms with Crippen LogP contribution in [0.1, 0.15) is 86.3 Å². The van der Waals surface area contributed by atoms with Gasteiger partial charge in [0.15, 0.2) is 0 Å². The lowest BCUT2D eigenvalue weighted by atomic mass is 9.84. The van der Waals surface area contributed by atoms with E-state index in [9.17, 15) is 4.79 Å². The molecule has 0 saturated carbocycles. The van der Waals surface area contributed by atoms with Crippen LogP contribution in [0.3, 0.4) is 0 Å². The van der Waals surface area contributed by atoms with Gasteiger partial charge < -0.3 is 5.32 Å². The van der Waals surface area contributed by atoms with Crippen molar-refractivity contribution in [1.29, 1.82) is 0 Å². The summed E-state index contributed by atoms with van der Waals surface area (Å²) in [6.07, 6.45) is 0. The molecule has 0 aromatic heterocycles. The number of hydrogen-bond donors (Lipinski definition) is 1. The quantitative estimate of drug-likeness (QED) is 0.854. The molecular weight excluding hydrogens is 234 g/mol. The van der Waals surface area contributed by atoms with E-state index >= 15 is 0 Å². The zero-order valence-corrected chi connectivity index (χ0v) is 13.3. The van der Waals surface area contributed by atoms with Crippen LogP contribution in [0.5, 0.6) is 0 Å².